The van der Waals surface area contributed by atoms with Gasteiger partial charge in [0.1, 0.15) is 5.75 Å². The second kappa shape index (κ2) is 7.77. The number of amides is 1. The van der Waals surface area contributed by atoms with Crippen LogP contribution in [0.2, 0.25) is 0 Å². The number of carbonyl (C=O) groups excluding carboxylic acids is 2. The van der Waals surface area contributed by atoms with Gasteiger partial charge in [-0.25, -0.2) is 0 Å². The van der Waals surface area contributed by atoms with E-state index in [1.54, 1.807) is 24.3 Å². The van der Waals surface area contributed by atoms with E-state index in [-0.39, 0.29) is 18.3 Å². The van der Waals surface area contributed by atoms with Crippen molar-refractivity contribution in [2.75, 3.05) is 11.9 Å². The summed E-state index contributed by atoms with van der Waals surface area (Å²) in [5.74, 6) is 0.443. The van der Waals surface area contributed by atoms with Gasteiger partial charge in [0.05, 0.1) is 0 Å². The first-order chi connectivity index (χ1) is 11.4. The summed E-state index contributed by atoms with van der Waals surface area (Å²) < 4.78 is 5.49. The Hall–Kier alpha value is -2.62. The van der Waals surface area contributed by atoms with Crippen LogP contribution in [0, 0.1) is 20.8 Å². The minimum absolute atomic E-state index is 0.0756. The molecule has 0 aliphatic carbocycles. The van der Waals surface area contributed by atoms with Crippen molar-refractivity contribution >= 4 is 17.4 Å². The molecule has 4 nitrogen and oxygen atoms in total. The molecule has 0 aliphatic heterocycles. The Morgan fingerprint density at radius 1 is 1.00 bits per heavy atom. The van der Waals surface area contributed by atoms with E-state index in [0.717, 1.165) is 16.8 Å². The molecule has 0 atom stereocenters. The number of hydrogen-bond donors (Lipinski definition) is 1. The summed E-state index contributed by atoms with van der Waals surface area (Å²) in [5.41, 5.74) is 4.71. The quantitative estimate of drug-likeness (QED) is 0.809. The van der Waals surface area contributed by atoms with E-state index in [1.165, 1.54) is 5.56 Å². The molecule has 1 amide bonds. The normalized spacial score (nSPS) is 10.3. The lowest BCUT2D eigenvalue weighted by Gasteiger charge is -2.13. The molecule has 0 fully saturated rings. The third-order valence-electron chi connectivity index (χ3n) is 3.81. The van der Waals surface area contributed by atoms with Gasteiger partial charge in [0, 0.05) is 17.7 Å². The lowest BCUT2D eigenvalue weighted by Crippen LogP contribution is -2.21. The molecular weight excluding hydrogens is 302 g/mol. The van der Waals surface area contributed by atoms with Crippen LogP contribution in [-0.4, -0.2) is 18.3 Å². The number of aryl methyl sites for hydroxylation is 3. The molecule has 0 spiro atoms. The van der Waals surface area contributed by atoms with E-state index >= 15 is 0 Å². The van der Waals surface area contributed by atoms with E-state index in [1.807, 2.05) is 39.8 Å². The van der Waals surface area contributed by atoms with Crippen LogP contribution >= 0.6 is 0 Å². The average molecular weight is 325 g/mol. The highest BCUT2D eigenvalue weighted by Crippen LogP contribution is 2.22. The number of anilines is 1. The van der Waals surface area contributed by atoms with Gasteiger partial charge < -0.3 is 10.1 Å². The van der Waals surface area contributed by atoms with Gasteiger partial charge in [-0.05, 0) is 56.2 Å². The molecule has 24 heavy (non-hydrogen) atoms. The molecule has 2 rings (SSSR count). The molecule has 2 aromatic rings. The number of benzene rings is 2. The first-order valence-corrected chi connectivity index (χ1v) is 8.04. The molecule has 1 N–H and O–H groups in total. The third-order valence-corrected chi connectivity index (χ3v) is 3.81. The Morgan fingerprint density at radius 2 is 1.58 bits per heavy atom. The maximum Gasteiger partial charge on any atom is 0.262 e. The van der Waals surface area contributed by atoms with Crippen LogP contribution < -0.4 is 10.1 Å². The topological polar surface area (TPSA) is 55.4 Å². The Balaban J connectivity index is 1.95. The number of rotatable bonds is 6. The maximum absolute atomic E-state index is 12.1. The molecule has 0 radical (unpaired) electrons. The molecule has 0 unspecified atom stereocenters. The lowest BCUT2D eigenvalue weighted by molar-refractivity contribution is -0.118. The van der Waals surface area contributed by atoms with Gasteiger partial charge in [0.15, 0.2) is 12.4 Å². The summed E-state index contributed by atoms with van der Waals surface area (Å²) in [5, 5.41) is 2.90. The summed E-state index contributed by atoms with van der Waals surface area (Å²) in [6.45, 7) is 7.72. The van der Waals surface area contributed by atoms with Gasteiger partial charge in [0.2, 0.25) is 0 Å². The Bertz CT molecular complexity index is 725. The zero-order chi connectivity index (χ0) is 17.7. The zero-order valence-electron chi connectivity index (χ0n) is 14.6. The number of nitrogens with one attached hydrogen (secondary N) is 1. The highest BCUT2D eigenvalue weighted by Gasteiger charge is 2.09. The second-order valence-electron chi connectivity index (χ2n) is 5.91. The molecule has 4 heteroatoms. The maximum atomic E-state index is 12.1. The monoisotopic (exact) mass is 325 g/mol. The van der Waals surface area contributed by atoms with Crippen LogP contribution in [0.5, 0.6) is 5.75 Å². The van der Waals surface area contributed by atoms with Crippen molar-refractivity contribution in [3.8, 4) is 5.75 Å². The van der Waals surface area contributed by atoms with E-state index in [4.69, 9.17) is 4.74 Å². The van der Waals surface area contributed by atoms with Crippen LogP contribution in [0.1, 0.15) is 40.4 Å². The Morgan fingerprint density at radius 3 is 2.12 bits per heavy atom. The van der Waals surface area contributed by atoms with Gasteiger partial charge >= 0.3 is 0 Å². The summed E-state index contributed by atoms with van der Waals surface area (Å²) in [6.07, 6.45) is 0.470. The van der Waals surface area contributed by atoms with Crippen molar-refractivity contribution in [2.24, 2.45) is 0 Å². The largest absolute Gasteiger partial charge is 0.484 e. The van der Waals surface area contributed by atoms with Gasteiger partial charge in [-0.15, -0.1) is 0 Å². The van der Waals surface area contributed by atoms with E-state index in [0.29, 0.717) is 17.7 Å². The molecule has 0 heterocycles. The van der Waals surface area contributed by atoms with Gasteiger partial charge in [-0.1, -0.05) is 24.6 Å². The van der Waals surface area contributed by atoms with Crippen molar-refractivity contribution in [3.63, 3.8) is 0 Å². The molecule has 0 saturated heterocycles. The smallest absolute Gasteiger partial charge is 0.262 e. The molecule has 0 saturated carbocycles. The predicted molar refractivity (Wildman–Crippen MR) is 95.8 cm³/mol. The fourth-order valence-corrected chi connectivity index (χ4v) is 2.64. The number of carbonyl (C=O) groups is 2. The summed E-state index contributed by atoms with van der Waals surface area (Å²) in [4.78, 5) is 23.7. The number of ketones is 1. The van der Waals surface area contributed by atoms with Crippen molar-refractivity contribution in [1.82, 2.24) is 0 Å². The van der Waals surface area contributed by atoms with E-state index < -0.39 is 0 Å². The predicted octanol–water partition coefficient (Wildman–Crippen LogP) is 4.22. The van der Waals surface area contributed by atoms with Gasteiger partial charge in [-0.3, -0.25) is 9.59 Å². The van der Waals surface area contributed by atoms with Crippen LogP contribution in [0.3, 0.4) is 0 Å². The van der Waals surface area contributed by atoms with Gasteiger partial charge in [0.25, 0.3) is 5.91 Å². The van der Waals surface area contributed by atoms with Crippen LogP contribution in [0.25, 0.3) is 0 Å². The Labute approximate surface area is 142 Å². The van der Waals surface area contributed by atoms with Gasteiger partial charge in [-0.2, -0.15) is 0 Å². The van der Waals surface area contributed by atoms with E-state index in [9.17, 15) is 9.59 Å². The van der Waals surface area contributed by atoms with Crippen molar-refractivity contribution in [3.05, 3.63) is 58.7 Å². The molecule has 0 bridgehead atoms. The highest BCUT2D eigenvalue weighted by atomic mass is 16.5. The average Bonchev–Trinajstić information content (AvgIpc) is 2.56. The number of ether oxygens (including phenoxy) is 1. The summed E-state index contributed by atoms with van der Waals surface area (Å²) in [7, 11) is 0. The molecule has 126 valence electrons. The second-order valence-corrected chi connectivity index (χ2v) is 5.91. The SMILES string of the molecule is CCC(=O)c1ccc(OCC(=O)Nc2c(C)cc(C)cc2C)cc1. The van der Waals surface area contributed by atoms with Crippen LogP contribution in [0.15, 0.2) is 36.4 Å². The lowest BCUT2D eigenvalue weighted by atomic mass is 10.1. The Kier molecular flexibility index (Phi) is 5.74. The van der Waals surface area contributed by atoms with E-state index in [2.05, 4.69) is 5.32 Å². The molecule has 0 aromatic heterocycles. The van der Waals surface area contributed by atoms with Crippen molar-refractivity contribution < 1.29 is 14.3 Å². The van der Waals surface area contributed by atoms with Crippen LogP contribution in [0.4, 0.5) is 5.69 Å². The summed E-state index contributed by atoms with van der Waals surface area (Å²) >= 11 is 0. The standard InChI is InChI=1S/C20H23NO3/c1-5-18(22)16-6-8-17(9-7-16)24-12-19(23)21-20-14(3)10-13(2)11-15(20)4/h6-11H,5,12H2,1-4H3,(H,21,23). The first-order valence-electron chi connectivity index (χ1n) is 8.04. The number of Topliss-reactive ketones (excluding diaryl/α,β-unsaturated/α-hetero) is 1. The minimum atomic E-state index is -0.209. The summed E-state index contributed by atoms with van der Waals surface area (Å²) in [6, 6.07) is 10.9. The van der Waals surface area contributed by atoms with Crippen molar-refractivity contribution in [1.29, 1.82) is 0 Å². The minimum Gasteiger partial charge on any atom is -0.484 e. The van der Waals surface area contributed by atoms with Crippen LogP contribution in [-0.2, 0) is 4.79 Å². The number of hydrogen-bond acceptors (Lipinski definition) is 3. The fraction of sp³-hybridized carbons (Fsp3) is 0.300. The highest BCUT2D eigenvalue weighted by molar-refractivity contribution is 5.96. The van der Waals surface area contributed by atoms with Crippen molar-refractivity contribution in [2.45, 2.75) is 34.1 Å². The fourth-order valence-electron chi connectivity index (χ4n) is 2.64. The molecule has 2 aromatic carbocycles. The third kappa shape index (κ3) is 4.44. The first kappa shape index (κ1) is 17.7. The zero-order valence-corrected chi connectivity index (χ0v) is 14.6. The molecular formula is C20H23NO3. The molecule has 0 aliphatic rings.